The Morgan fingerprint density at radius 3 is 2.53 bits per heavy atom. The van der Waals surface area contributed by atoms with E-state index in [0.29, 0.717) is 0 Å². The molecular weight excluding hydrogens is 268 g/mol. The minimum absolute atomic E-state index is 0.0776. The summed E-state index contributed by atoms with van der Waals surface area (Å²) in [6, 6.07) is 4.49. The van der Waals surface area contributed by atoms with E-state index in [1.807, 2.05) is 13.8 Å². The Hall–Kier alpha value is -1.63. The van der Waals surface area contributed by atoms with Gasteiger partial charge in [-0.25, -0.2) is 4.98 Å². The molecule has 6 nitrogen and oxygen atoms in total. The molecule has 0 aliphatic heterocycles. The van der Waals surface area contributed by atoms with Gasteiger partial charge in [0, 0.05) is 12.1 Å². The molecule has 106 valence electrons. The second kappa shape index (κ2) is 6.51. The van der Waals surface area contributed by atoms with E-state index >= 15 is 0 Å². The molecule has 0 saturated carbocycles. The van der Waals surface area contributed by atoms with Crippen LogP contribution in [0.15, 0.2) is 18.2 Å². The SMILES string of the molecule is CCC(CC)NC(=O)c1cccc(OS(C)(=O)=O)n1. The summed E-state index contributed by atoms with van der Waals surface area (Å²) in [5.74, 6) is -0.452. The lowest BCUT2D eigenvalue weighted by Crippen LogP contribution is -2.34. The van der Waals surface area contributed by atoms with Crippen molar-refractivity contribution in [3.63, 3.8) is 0 Å². The third kappa shape index (κ3) is 5.25. The van der Waals surface area contributed by atoms with Crippen LogP contribution in [0.5, 0.6) is 5.88 Å². The average molecular weight is 286 g/mol. The molecule has 1 aromatic heterocycles. The minimum Gasteiger partial charge on any atom is -0.362 e. The van der Waals surface area contributed by atoms with Gasteiger partial charge in [-0.1, -0.05) is 19.9 Å². The maximum atomic E-state index is 11.9. The molecule has 7 heteroatoms. The zero-order chi connectivity index (χ0) is 14.5. The summed E-state index contributed by atoms with van der Waals surface area (Å²) in [6.45, 7) is 3.95. The highest BCUT2D eigenvalue weighted by Crippen LogP contribution is 2.10. The molecule has 0 atom stereocenters. The smallest absolute Gasteiger partial charge is 0.307 e. The molecule has 0 saturated heterocycles. The summed E-state index contributed by atoms with van der Waals surface area (Å²) in [6.07, 6.45) is 2.56. The normalized spacial score (nSPS) is 11.4. The zero-order valence-corrected chi connectivity index (χ0v) is 12.0. The van der Waals surface area contributed by atoms with Gasteiger partial charge in [-0.2, -0.15) is 8.42 Å². The minimum atomic E-state index is -3.65. The van der Waals surface area contributed by atoms with Gasteiger partial charge in [0.25, 0.3) is 5.91 Å². The Balaban J connectivity index is 2.84. The van der Waals surface area contributed by atoms with E-state index in [2.05, 4.69) is 14.5 Å². The number of nitrogens with zero attached hydrogens (tertiary/aromatic N) is 1. The lowest BCUT2D eigenvalue weighted by atomic mass is 10.1. The van der Waals surface area contributed by atoms with Crippen molar-refractivity contribution < 1.29 is 17.4 Å². The topological polar surface area (TPSA) is 85.4 Å². The number of aromatic nitrogens is 1. The van der Waals surface area contributed by atoms with E-state index in [-0.39, 0.29) is 23.5 Å². The van der Waals surface area contributed by atoms with Gasteiger partial charge in [0.2, 0.25) is 5.88 Å². The summed E-state index contributed by atoms with van der Waals surface area (Å²) in [5, 5.41) is 2.82. The van der Waals surface area contributed by atoms with Crippen molar-refractivity contribution in [1.29, 1.82) is 0 Å². The number of pyridine rings is 1. The molecule has 19 heavy (non-hydrogen) atoms. The fourth-order valence-corrected chi connectivity index (χ4v) is 1.90. The Bertz CT molecular complexity index is 538. The fourth-order valence-electron chi connectivity index (χ4n) is 1.49. The van der Waals surface area contributed by atoms with E-state index in [9.17, 15) is 13.2 Å². The van der Waals surface area contributed by atoms with Gasteiger partial charge in [0.05, 0.1) is 6.26 Å². The first-order valence-corrected chi connectivity index (χ1v) is 7.84. The summed E-state index contributed by atoms with van der Waals surface area (Å²) in [5.41, 5.74) is 0.132. The first-order valence-electron chi connectivity index (χ1n) is 6.03. The van der Waals surface area contributed by atoms with Gasteiger partial charge < -0.3 is 9.50 Å². The van der Waals surface area contributed by atoms with Crippen LogP contribution in [0.25, 0.3) is 0 Å². The molecule has 1 aromatic rings. The van der Waals surface area contributed by atoms with Gasteiger partial charge in [0.1, 0.15) is 5.69 Å². The summed E-state index contributed by atoms with van der Waals surface area (Å²) in [7, 11) is -3.65. The lowest BCUT2D eigenvalue weighted by molar-refractivity contribution is 0.0929. The summed E-state index contributed by atoms with van der Waals surface area (Å²) >= 11 is 0. The third-order valence-corrected chi connectivity index (χ3v) is 2.99. The second-order valence-electron chi connectivity index (χ2n) is 4.14. The van der Waals surface area contributed by atoms with Crippen molar-refractivity contribution in [1.82, 2.24) is 10.3 Å². The van der Waals surface area contributed by atoms with Crippen molar-refractivity contribution in [2.24, 2.45) is 0 Å². The van der Waals surface area contributed by atoms with E-state index in [4.69, 9.17) is 0 Å². The second-order valence-corrected chi connectivity index (χ2v) is 5.71. The van der Waals surface area contributed by atoms with Crippen molar-refractivity contribution in [2.45, 2.75) is 32.7 Å². The Morgan fingerprint density at radius 1 is 1.37 bits per heavy atom. The summed E-state index contributed by atoms with van der Waals surface area (Å²) in [4.78, 5) is 15.8. The quantitative estimate of drug-likeness (QED) is 0.798. The molecule has 0 fully saturated rings. The number of hydrogen-bond acceptors (Lipinski definition) is 5. The van der Waals surface area contributed by atoms with Gasteiger partial charge in [-0.05, 0) is 18.9 Å². The highest BCUT2D eigenvalue weighted by atomic mass is 32.2. The van der Waals surface area contributed by atoms with Gasteiger partial charge in [0.15, 0.2) is 0 Å². The summed E-state index contributed by atoms with van der Waals surface area (Å²) < 4.78 is 26.6. The number of nitrogens with one attached hydrogen (secondary N) is 1. The number of rotatable bonds is 6. The van der Waals surface area contributed by atoms with Crippen molar-refractivity contribution in [2.75, 3.05) is 6.26 Å². The van der Waals surface area contributed by atoms with Crippen LogP contribution in [-0.2, 0) is 10.1 Å². The monoisotopic (exact) mass is 286 g/mol. The number of hydrogen-bond donors (Lipinski definition) is 1. The highest BCUT2D eigenvalue weighted by Gasteiger charge is 2.13. The fraction of sp³-hybridized carbons (Fsp3) is 0.500. The molecule has 1 amide bonds. The predicted molar refractivity (Wildman–Crippen MR) is 71.5 cm³/mol. The standard InChI is InChI=1S/C12H18N2O4S/c1-4-9(5-2)13-12(15)10-7-6-8-11(14-10)18-19(3,16)17/h6-9H,4-5H2,1-3H3,(H,13,15). The van der Waals surface area contributed by atoms with Crippen LogP contribution in [0.1, 0.15) is 37.2 Å². The van der Waals surface area contributed by atoms with E-state index in [0.717, 1.165) is 19.1 Å². The first-order chi connectivity index (χ1) is 8.85. The lowest BCUT2D eigenvalue weighted by Gasteiger charge is -2.14. The van der Waals surface area contributed by atoms with Crippen LogP contribution < -0.4 is 9.50 Å². The molecule has 0 aliphatic carbocycles. The molecule has 1 heterocycles. The molecule has 1 rings (SSSR count). The Labute approximate surface area is 113 Å². The maximum Gasteiger partial charge on any atom is 0.307 e. The van der Waals surface area contributed by atoms with Gasteiger partial charge in [-0.3, -0.25) is 4.79 Å². The van der Waals surface area contributed by atoms with Crippen molar-refractivity contribution in [3.8, 4) is 5.88 Å². The largest absolute Gasteiger partial charge is 0.362 e. The Kier molecular flexibility index (Phi) is 5.29. The first kappa shape index (κ1) is 15.4. The van der Waals surface area contributed by atoms with Gasteiger partial charge in [-0.15, -0.1) is 0 Å². The molecule has 0 radical (unpaired) electrons. The molecule has 0 bridgehead atoms. The van der Waals surface area contributed by atoms with E-state index in [1.165, 1.54) is 18.2 Å². The zero-order valence-electron chi connectivity index (χ0n) is 11.2. The third-order valence-electron chi connectivity index (χ3n) is 2.51. The Morgan fingerprint density at radius 2 is 2.00 bits per heavy atom. The molecular formula is C12H18N2O4S. The van der Waals surface area contributed by atoms with Crippen LogP contribution in [0.2, 0.25) is 0 Å². The van der Waals surface area contributed by atoms with Gasteiger partial charge >= 0.3 is 10.1 Å². The number of carbonyl (C=O) groups is 1. The van der Waals surface area contributed by atoms with Crippen LogP contribution in [0.4, 0.5) is 0 Å². The molecule has 0 aromatic carbocycles. The van der Waals surface area contributed by atoms with Crippen LogP contribution in [0.3, 0.4) is 0 Å². The number of amides is 1. The average Bonchev–Trinajstić information content (AvgIpc) is 2.34. The predicted octanol–water partition coefficient (Wildman–Crippen LogP) is 1.34. The van der Waals surface area contributed by atoms with Crippen molar-refractivity contribution in [3.05, 3.63) is 23.9 Å². The molecule has 0 spiro atoms. The van der Waals surface area contributed by atoms with E-state index in [1.54, 1.807) is 0 Å². The molecule has 0 unspecified atom stereocenters. The maximum absolute atomic E-state index is 11.9. The van der Waals surface area contributed by atoms with Crippen LogP contribution >= 0.6 is 0 Å². The highest BCUT2D eigenvalue weighted by molar-refractivity contribution is 7.86. The van der Waals surface area contributed by atoms with E-state index < -0.39 is 10.1 Å². The molecule has 1 N–H and O–H groups in total. The van der Waals surface area contributed by atoms with Crippen LogP contribution in [0, 0.1) is 0 Å². The van der Waals surface area contributed by atoms with Crippen LogP contribution in [-0.4, -0.2) is 31.6 Å². The number of carbonyl (C=O) groups excluding carboxylic acids is 1. The van der Waals surface area contributed by atoms with Crippen molar-refractivity contribution >= 4 is 16.0 Å². The molecule has 0 aliphatic rings.